The van der Waals surface area contributed by atoms with Crippen LogP contribution in [0.5, 0.6) is 5.75 Å². The number of nitrogens with two attached hydrogens (primary N) is 1. The Labute approximate surface area is 159 Å². The second-order valence-corrected chi connectivity index (χ2v) is 6.36. The maximum Gasteiger partial charge on any atom is 0.343 e. The number of ether oxygens (including phenoxy) is 1. The van der Waals surface area contributed by atoms with E-state index in [1.165, 1.54) is 17.6 Å². The molecular formula is C19H16N4O3S. The van der Waals surface area contributed by atoms with Crippen molar-refractivity contribution in [3.8, 4) is 5.75 Å². The number of carbonyl (C=O) groups excluding carboxylic acids is 2. The van der Waals surface area contributed by atoms with Gasteiger partial charge in [0.2, 0.25) is 5.91 Å². The third kappa shape index (κ3) is 5.48. The van der Waals surface area contributed by atoms with Crippen molar-refractivity contribution in [1.29, 1.82) is 0 Å². The maximum absolute atomic E-state index is 12.0. The fourth-order valence-corrected chi connectivity index (χ4v) is 2.71. The minimum Gasteiger partial charge on any atom is -0.423 e. The molecule has 3 N–H and O–H groups in total. The number of thiazole rings is 1. The van der Waals surface area contributed by atoms with Crippen LogP contribution in [0.2, 0.25) is 0 Å². The lowest BCUT2D eigenvalue weighted by Gasteiger charge is -2.04. The largest absolute Gasteiger partial charge is 0.423 e. The first-order chi connectivity index (χ1) is 13.1. The van der Waals surface area contributed by atoms with Crippen molar-refractivity contribution in [2.75, 3.05) is 5.73 Å². The van der Waals surface area contributed by atoms with Crippen molar-refractivity contribution in [3.63, 3.8) is 0 Å². The lowest BCUT2D eigenvalue weighted by molar-refractivity contribution is -0.120. The molecule has 8 heteroatoms. The van der Waals surface area contributed by atoms with E-state index in [9.17, 15) is 9.59 Å². The topological polar surface area (TPSA) is 107 Å². The predicted molar refractivity (Wildman–Crippen MR) is 104 cm³/mol. The van der Waals surface area contributed by atoms with Gasteiger partial charge in [0.25, 0.3) is 0 Å². The van der Waals surface area contributed by atoms with Crippen LogP contribution >= 0.6 is 11.3 Å². The van der Waals surface area contributed by atoms with Gasteiger partial charge < -0.3 is 10.5 Å². The summed E-state index contributed by atoms with van der Waals surface area (Å²) in [6.45, 7) is 0. The van der Waals surface area contributed by atoms with Gasteiger partial charge in [-0.1, -0.05) is 18.2 Å². The minimum atomic E-state index is -0.424. The van der Waals surface area contributed by atoms with E-state index in [0.717, 1.165) is 5.56 Å². The summed E-state index contributed by atoms with van der Waals surface area (Å²) >= 11 is 1.28. The summed E-state index contributed by atoms with van der Waals surface area (Å²) in [4.78, 5) is 27.8. The summed E-state index contributed by atoms with van der Waals surface area (Å²) in [5.41, 5.74) is 9.78. The Morgan fingerprint density at radius 3 is 2.56 bits per heavy atom. The number of nitrogens with zero attached hydrogens (tertiary/aromatic N) is 2. The van der Waals surface area contributed by atoms with E-state index < -0.39 is 5.97 Å². The highest BCUT2D eigenvalue weighted by molar-refractivity contribution is 7.13. The van der Waals surface area contributed by atoms with Crippen molar-refractivity contribution < 1.29 is 14.3 Å². The van der Waals surface area contributed by atoms with Crippen LogP contribution in [0.1, 0.15) is 21.6 Å². The van der Waals surface area contributed by atoms with Gasteiger partial charge in [-0.3, -0.25) is 4.79 Å². The Morgan fingerprint density at radius 2 is 1.89 bits per heavy atom. The third-order valence-corrected chi connectivity index (χ3v) is 4.14. The smallest absolute Gasteiger partial charge is 0.343 e. The van der Waals surface area contributed by atoms with Gasteiger partial charge in [-0.2, -0.15) is 5.10 Å². The van der Waals surface area contributed by atoms with Gasteiger partial charge in [0.05, 0.1) is 23.9 Å². The molecule has 1 amide bonds. The molecule has 136 valence electrons. The molecule has 27 heavy (non-hydrogen) atoms. The average Bonchev–Trinajstić information content (AvgIpc) is 3.08. The lowest BCUT2D eigenvalue weighted by atomic mass is 10.2. The summed E-state index contributed by atoms with van der Waals surface area (Å²) in [7, 11) is 0. The maximum atomic E-state index is 12.0. The molecule has 0 saturated carbocycles. The van der Waals surface area contributed by atoms with Gasteiger partial charge in [-0.25, -0.2) is 15.2 Å². The van der Waals surface area contributed by atoms with Crippen molar-refractivity contribution in [2.24, 2.45) is 5.10 Å². The molecular weight excluding hydrogens is 364 g/mol. The fraction of sp³-hybridized carbons (Fsp3) is 0.0526. The van der Waals surface area contributed by atoms with Gasteiger partial charge >= 0.3 is 5.97 Å². The van der Waals surface area contributed by atoms with Gasteiger partial charge in [0.15, 0.2) is 5.13 Å². The Bertz CT molecular complexity index is 953. The number of esters is 1. The molecule has 0 saturated heterocycles. The molecule has 1 aromatic heterocycles. The van der Waals surface area contributed by atoms with E-state index in [2.05, 4.69) is 15.5 Å². The number of rotatable bonds is 6. The highest BCUT2D eigenvalue weighted by Gasteiger charge is 2.07. The molecule has 2 aromatic carbocycles. The Kier molecular flexibility index (Phi) is 5.91. The van der Waals surface area contributed by atoms with Crippen LogP contribution in [0.4, 0.5) is 5.13 Å². The van der Waals surface area contributed by atoms with E-state index in [4.69, 9.17) is 10.5 Å². The molecule has 0 atom stereocenters. The monoisotopic (exact) mass is 380 g/mol. The number of carbonyl (C=O) groups is 2. The number of nitrogens with one attached hydrogen (secondary N) is 1. The first kappa shape index (κ1) is 18.3. The molecule has 3 aromatic rings. The molecule has 0 aliphatic heterocycles. The van der Waals surface area contributed by atoms with Crippen LogP contribution in [0, 0.1) is 0 Å². The molecule has 0 radical (unpaired) electrons. The van der Waals surface area contributed by atoms with Gasteiger partial charge in [0, 0.05) is 5.38 Å². The Balaban J connectivity index is 1.50. The van der Waals surface area contributed by atoms with Gasteiger partial charge in [0.1, 0.15) is 5.75 Å². The van der Waals surface area contributed by atoms with Crippen LogP contribution in [-0.2, 0) is 11.2 Å². The zero-order chi connectivity index (χ0) is 19.1. The number of hydrogen-bond acceptors (Lipinski definition) is 7. The molecule has 3 rings (SSSR count). The predicted octanol–water partition coefficient (Wildman–Crippen LogP) is 2.64. The van der Waals surface area contributed by atoms with Crippen LogP contribution < -0.4 is 15.9 Å². The number of benzene rings is 2. The van der Waals surface area contributed by atoms with Crippen molar-refractivity contribution in [3.05, 3.63) is 76.8 Å². The Hall–Kier alpha value is -3.52. The van der Waals surface area contributed by atoms with Crippen LogP contribution in [0.15, 0.2) is 65.1 Å². The summed E-state index contributed by atoms with van der Waals surface area (Å²) in [6, 6.07) is 15.5. The van der Waals surface area contributed by atoms with E-state index in [1.54, 1.807) is 53.9 Å². The van der Waals surface area contributed by atoms with E-state index in [1.807, 2.05) is 6.07 Å². The second-order valence-electron chi connectivity index (χ2n) is 5.47. The molecule has 0 fully saturated rings. The van der Waals surface area contributed by atoms with Crippen LogP contribution in [0.3, 0.4) is 0 Å². The number of hydrogen-bond donors (Lipinski definition) is 2. The Morgan fingerprint density at radius 1 is 1.15 bits per heavy atom. The SMILES string of the molecule is Nc1nc(CC(=O)N/N=C/c2ccc(OC(=O)c3ccccc3)cc2)cs1. The van der Waals surface area contributed by atoms with Gasteiger partial charge in [-0.05, 0) is 42.0 Å². The normalized spacial score (nSPS) is 10.7. The highest BCUT2D eigenvalue weighted by atomic mass is 32.1. The van der Waals surface area contributed by atoms with Crippen LogP contribution in [0.25, 0.3) is 0 Å². The van der Waals surface area contributed by atoms with E-state index >= 15 is 0 Å². The molecule has 0 spiro atoms. The number of nitrogen functional groups attached to an aromatic ring is 1. The molecule has 0 aliphatic rings. The van der Waals surface area contributed by atoms with E-state index in [-0.39, 0.29) is 12.3 Å². The molecule has 1 heterocycles. The number of amides is 1. The molecule has 0 bridgehead atoms. The lowest BCUT2D eigenvalue weighted by Crippen LogP contribution is -2.19. The highest BCUT2D eigenvalue weighted by Crippen LogP contribution is 2.14. The fourth-order valence-electron chi connectivity index (χ4n) is 2.15. The number of anilines is 1. The summed E-state index contributed by atoms with van der Waals surface area (Å²) in [6.07, 6.45) is 1.61. The molecule has 7 nitrogen and oxygen atoms in total. The second kappa shape index (κ2) is 8.72. The zero-order valence-corrected chi connectivity index (χ0v) is 15.0. The summed E-state index contributed by atoms with van der Waals surface area (Å²) in [5, 5.41) is 6.05. The van der Waals surface area contributed by atoms with Crippen LogP contribution in [-0.4, -0.2) is 23.1 Å². The summed E-state index contributed by atoms with van der Waals surface area (Å²) < 4.78 is 5.30. The number of hydrazone groups is 1. The first-order valence-electron chi connectivity index (χ1n) is 7.99. The number of aromatic nitrogens is 1. The summed E-state index contributed by atoms with van der Waals surface area (Å²) in [5.74, 6) is -0.289. The van der Waals surface area contributed by atoms with Crippen molar-refractivity contribution >= 4 is 34.6 Å². The third-order valence-electron chi connectivity index (χ3n) is 3.41. The quantitative estimate of drug-likeness (QED) is 0.296. The molecule has 0 aliphatic carbocycles. The van der Waals surface area contributed by atoms with Crippen molar-refractivity contribution in [1.82, 2.24) is 10.4 Å². The zero-order valence-electron chi connectivity index (χ0n) is 14.2. The average molecular weight is 380 g/mol. The van der Waals surface area contributed by atoms with E-state index in [0.29, 0.717) is 22.1 Å². The van der Waals surface area contributed by atoms with Crippen molar-refractivity contribution in [2.45, 2.75) is 6.42 Å². The first-order valence-corrected chi connectivity index (χ1v) is 8.87. The minimum absolute atomic E-state index is 0.111. The molecule has 0 unspecified atom stereocenters. The van der Waals surface area contributed by atoms with Gasteiger partial charge in [-0.15, -0.1) is 11.3 Å². The standard InChI is InChI=1S/C19H16N4O3S/c20-19-22-15(12-27-19)10-17(24)23-21-11-13-6-8-16(9-7-13)26-18(25)14-4-2-1-3-5-14/h1-9,11-12H,10H2,(H2,20,22)(H,23,24)/b21-11+.